The number of para-hydroxylation sites is 1. The second kappa shape index (κ2) is 6.54. The van der Waals surface area contributed by atoms with E-state index in [0.29, 0.717) is 5.56 Å². The number of carbonyl (C=O) groups excluding carboxylic acids is 1. The first-order valence-electron chi connectivity index (χ1n) is 6.45. The van der Waals surface area contributed by atoms with Gasteiger partial charge < -0.3 is 10.2 Å². The second-order valence-corrected chi connectivity index (χ2v) is 4.51. The third kappa shape index (κ3) is 2.84. The molecule has 1 N–H and O–H groups in total. The first-order chi connectivity index (χ1) is 9.36. The lowest BCUT2D eigenvalue weighted by Crippen LogP contribution is -2.46. The van der Waals surface area contributed by atoms with Crippen LogP contribution in [0, 0.1) is 0 Å². The van der Waals surface area contributed by atoms with Crippen molar-refractivity contribution in [3.05, 3.63) is 48.3 Å². The summed E-state index contributed by atoms with van der Waals surface area (Å²) in [6, 6.07) is 9.45. The highest BCUT2D eigenvalue weighted by Gasteiger charge is 2.20. The summed E-state index contributed by atoms with van der Waals surface area (Å²) in [5, 5.41) is 7.46. The fraction of sp³-hybridized carbons (Fsp3) is 0.286. The lowest BCUT2D eigenvalue weighted by molar-refractivity contribution is 0.0735. The molecular weight excluding hydrogens is 276 g/mol. The van der Waals surface area contributed by atoms with Crippen LogP contribution in [0.5, 0.6) is 0 Å². The number of benzene rings is 1. The van der Waals surface area contributed by atoms with Gasteiger partial charge in [-0.05, 0) is 18.2 Å². The van der Waals surface area contributed by atoms with Gasteiger partial charge in [-0.3, -0.25) is 4.79 Å². The maximum absolute atomic E-state index is 12.6. The summed E-state index contributed by atoms with van der Waals surface area (Å²) in [6.07, 6.45) is 3.57. The molecule has 0 spiro atoms. The average Bonchev–Trinajstić information content (AvgIpc) is 3.01. The number of rotatable bonds is 2. The van der Waals surface area contributed by atoms with Crippen LogP contribution in [-0.2, 0) is 0 Å². The molecule has 0 atom stereocenters. The Labute approximate surface area is 124 Å². The molecule has 3 rings (SSSR count). The number of piperazine rings is 1. The predicted octanol–water partition coefficient (Wildman–Crippen LogP) is 1.34. The van der Waals surface area contributed by atoms with Gasteiger partial charge in [0, 0.05) is 38.6 Å². The van der Waals surface area contributed by atoms with E-state index in [-0.39, 0.29) is 18.3 Å². The Bertz CT molecular complexity index is 564. The summed E-state index contributed by atoms with van der Waals surface area (Å²) < 4.78 is 1.73. The monoisotopic (exact) mass is 292 g/mol. The van der Waals surface area contributed by atoms with Crippen molar-refractivity contribution in [1.29, 1.82) is 0 Å². The van der Waals surface area contributed by atoms with Gasteiger partial charge in [-0.25, -0.2) is 4.68 Å². The van der Waals surface area contributed by atoms with Gasteiger partial charge in [0.05, 0.1) is 11.3 Å². The molecule has 1 aromatic carbocycles. The highest BCUT2D eigenvalue weighted by molar-refractivity contribution is 5.97. The summed E-state index contributed by atoms with van der Waals surface area (Å²) in [5.41, 5.74) is 1.53. The first kappa shape index (κ1) is 14.6. The van der Waals surface area contributed by atoms with Gasteiger partial charge in [-0.1, -0.05) is 12.1 Å². The van der Waals surface area contributed by atoms with E-state index in [0.717, 1.165) is 31.9 Å². The number of hydrogen-bond acceptors (Lipinski definition) is 3. The Kier molecular flexibility index (Phi) is 4.76. The molecule has 1 aliphatic heterocycles. The molecule has 1 fully saturated rings. The van der Waals surface area contributed by atoms with Crippen LogP contribution in [0.3, 0.4) is 0 Å². The molecule has 20 heavy (non-hydrogen) atoms. The minimum absolute atomic E-state index is 0. The lowest BCUT2D eigenvalue weighted by Gasteiger charge is -2.28. The number of carbonyl (C=O) groups is 1. The molecule has 0 aliphatic carbocycles. The van der Waals surface area contributed by atoms with E-state index in [1.165, 1.54) is 0 Å². The van der Waals surface area contributed by atoms with Crippen molar-refractivity contribution in [3.8, 4) is 5.69 Å². The molecule has 2 heterocycles. The zero-order valence-corrected chi connectivity index (χ0v) is 11.8. The molecule has 5 nitrogen and oxygen atoms in total. The normalized spacial score (nSPS) is 14.7. The molecule has 0 unspecified atom stereocenters. The smallest absolute Gasteiger partial charge is 0.256 e. The van der Waals surface area contributed by atoms with Gasteiger partial charge in [-0.2, -0.15) is 5.10 Å². The highest BCUT2D eigenvalue weighted by Crippen LogP contribution is 2.16. The van der Waals surface area contributed by atoms with Crippen molar-refractivity contribution in [2.75, 3.05) is 26.2 Å². The summed E-state index contributed by atoms with van der Waals surface area (Å²) in [7, 11) is 0. The van der Waals surface area contributed by atoms with E-state index in [1.54, 1.807) is 10.9 Å². The molecule has 1 aliphatic rings. The third-order valence-electron chi connectivity index (χ3n) is 3.29. The van der Waals surface area contributed by atoms with Crippen LogP contribution in [0.15, 0.2) is 42.7 Å². The number of nitrogens with zero attached hydrogens (tertiary/aromatic N) is 3. The Morgan fingerprint density at radius 3 is 2.60 bits per heavy atom. The highest BCUT2D eigenvalue weighted by atomic mass is 35.5. The fourth-order valence-electron chi connectivity index (χ4n) is 2.30. The Balaban J connectivity index is 0.00000147. The van der Waals surface area contributed by atoms with Crippen molar-refractivity contribution < 1.29 is 4.79 Å². The van der Waals surface area contributed by atoms with Gasteiger partial charge in [0.25, 0.3) is 5.91 Å². The first-order valence-corrected chi connectivity index (χ1v) is 6.45. The van der Waals surface area contributed by atoms with Crippen LogP contribution in [0.2, 0.25) is 0 Å². The largest absolute Gasteiger partial charge is 0.336 e. The zero-order valence-electron chi connectivity index (χ0n) is 11.0. The van der Waals surface area contributed by atoms with Crippen LogP contribution in [0.25, 0.3) is 5.69 Å². The minimum Gasteiger partial charge on any atom is -0.336 e. The Hall–Kier alpha value is -1.85. The maximum Gasteiger partial charge on any atom is 0.256 e. The van der Waals surface area contributed by atoms with Crippen molar-refractivity contribution in [1.82, 2.24) is 20.0 Å². The fourth-order valence-corrected chi connectivity index (χ4v) is 2.30. The minimum atomic E-state index is 0. The number of nitrogens with one attached hydrogen (secondary N) is 1. The quantitative estimate of drug-likeness (QED) is 0.909. The van der Waals surface area contributed by atoms with Gasteiger partial charge in [0.1, 0.15) is 0 Å². The predicted molar refractivity (Wildman–Crippen MR) is 79.6 cm³/mol. The molecular formula is C14H17ClN4O. The number of aromatic nitrogens is 2. The molecule has 1 aromatic heterocycles. The van der Waals surface area contributed by atoms with Gasteiger partial charge in [0.2, 0.25) is 0 Å². The van der Waals surface area contributed by atoms with Crippen LogP contribution >= 0.6 is 12.4 Å². The van der Waals surface area contributed by atoms with Gasteiger partial charge in [-0.15, -0.1) is 12.4 Å². The molecule has 0 saturated carbocycles. The van der Waals surface area contributed by atoms with Crippen molar-refractivity contribution in [2.24, 2.45) is 0 Å². The molecule has 2 aromatic rings. The Morgan fingerprint density at radius 2 is 1.90 bits per heavy atom. The van der Waals surface area contributed by atoms with E-state index < -0.39 is 0 Å². The molecule has 1 amide bonds. The Morgan fingerprint density at radius 1 is 1.15 bits per heavy atom. The van der Waals surface area contributed by atoms with E-state index in [9.17, 15) is 4.79 Å². The van der Waals surface area contributed by atoms with Crippen LogP contribution < -0.4 is 5.32 Å². The van der Waals surface area contributed by atoms with Crippen LogP contribution in [0.1, 0.15) is 10.4 Å². The van der Waals surface area contributed by atoms with E-state index >= 15 is 0 Å². The molecule has 0 radical (unpaired) electrons. The topological polar surface area (TPSA) is 50.2 Å². The maximum atomic E-state index is 12.6. The number of halogens is 1. The van der Waals surface area contributed by atoms with Gasteiger partial charge in [0.15, 0.2) is 0 Å². The lowest BCUT2D eigenvalue weighted by atomic mass is 10.1. The average molecular weight is 293 g/mol. The SMILES string of the molecule is Cl.O=C(c1ccccc1-n1cccn1)N1CCNCC1. The van der Waals surface area contributed by atoms with Crippen LogP contribution in [0.4, 0.5) is 0 Å². The molecule has 1 saturated heterocycles. The van der Waals surface area contributed by atoms with Crippen molar-refractivity contribution in [3.63, 3.8) is 0 Å². The zero-order chi connectivity index (χ0) is 13.1. The summed E-state index contributed by atoms with van der Waals surface area (Å²) >= 11 is 0. The van der Waals surface area contributed by atoms with Crippen LogP contribution in [-0.4, -0.2) is 46.8 Å². The van der Waals surface area contributed by atoms with E-state index in [4.69, 9.17) is 0 Å². The third-order valence-corrected chi connectivity index (χ3v) is 3.29. The van der Waals surface area contributed by atoms with E-state index in [1.807, 2.05) is 41.4 Å². The van der Waals surface area contributed by atoms with Crippen molar-refractivity contribution >= 4 is 18.3 Å². The molecule has 6 heteroatoms. The summed E-state index contributed by atoms with van der Waals surface area (Å²) in [6.45, 7) is 3.23. The van der Waals surface area contributed by atoms with Gasteiger partial charge >= 0.3 is 0 Å². The number of hydrogen-bond donors (Lipinski definition) is 1. The van der Waals surface area contributed by atoms with Crippen molar-refractivity contribution in [2.45, 2.75) is 0 Å². The van der Waals surface area contributed by atoms with E-state index in [2.05, 4.69) is 10.4 Å². The summed E-state index contributed by atoms with van der Waals surface area (Å²) in [5.74, 6) is 0.0765. The number of amides is 1. The molecule has 106 valence electrons. The standard InChI is InChI=1S/C14H16N4O.ClH/c19-14(17-10-7-15-8-11-17)12-4-1-2-5-13(12)18-9-3-6-16-18;/h1-6,9,15H,7-8,10-11H2;1H. The summed E-state index contributed by atoms with van der Waals surface area (Å²) in [4.78, 5) is 14.5. The second-order valence-electron chi connectivity index (χ2n) is 4.51. The molecule has 0 bridgehead atoms.